The number of anilines is 1. The first-order valence-electron chi connectivity index (χ1n) is 14.1. The van der Waals surface area contributed by atoms with E-state index in [4.69, 9.17) is 19.4 Å². The number of hydroxylamine groups is 2. The first-order chi connectivity index (χ1) is 21.4. The Morgan fingerprint density at radius 1 is 1.27 bits per heavy atom. The number of methoxy groups -OCH3 is 2. The first-order valence-corrected chi connectivity index (χ1v) is 14.1. The number of urea groups is 1. The lowest BCUT2D eigenvalue weighted by atomic mass is 10.1. The van der Waals surface area contributed by atoms with Crippen molar-refractivity contribution in [2.75, 3.05) is 45.8 Å². The third-order valence-electron chi connectivity index (χ3n) is 5.88. The molecule has 0 bridgehead atoms. The van der Waals surface area contributed by atoms with Crippen LogP contribution in [0.15, 0.2) is 67.4 Å². The number of amides is 2. The zero-order chi connectivity index (χ0) is 32.9. The molecule has 44 heavy (non-hydrogen) atoms. The Bertz CT molecular complexity index is 1390. The number of para-hydroxylation sites is 1. The van der Waals surface area contributed by atoms with Crippen molar-refractivity contribution in [1.29, 1.82) is 5.26 Å². The van der Waals surface area contributed by atoms with Crippen molar-refractivity contribution in [2.24, 2.45) is 0 Å². The Balaban J connectivity index is 0.000000962. The fraction of sp³-hybridized carbons (Fsp3) is 0.333. The average Bonchev–Trinajstić information content (AvgIpc) is 3.65. The van der Waals surface area contributed by atoms with Crippen molar-refractivity contribution < 1.29 is 19.1 Å². The molecule has 0 saturated carbocycles. The van der Waals surface area contributed by atoms with Crippen LogP contribution < -0.4 is 15.4 Å². The summed E-state index contributed by atoms with van der Waals surface area (Å²) in [5.74, 6) is 0.751. The molecule has 1 aliphatic rings. The van der Waals surface area contributed by atoms with Crippen LogP contribution in [0.1, 0.15) is 31.9 Å². The summed E-state index contributed by atoms with van der Waals surface area (Å²) in [6.07, 6.45) is 15.2. The number of nitriles is 1. The van der Waals surface area contributed by atoms with Gasteiger partial charge in [0.1, 0.15) is 17.5 Å². The molecule has 3 heterocycles. The maximum absolute atomic E-state index is 12.9. The van der Waals surface area contributed by atoms with Crippen LogP contribution in [-0.2, 0) is 9.57 Å². The highest BCUT2D eigenvalue weighted by molar-refractivity contribution is 5.91. The highest BCUT2D eigenvalue weighted by Gasteiger charge is 2.26. The van der Waals surface area contributed by atoms with Crippen LogP contribution in [0.4, 0.5) is 10.6 Å². The number of nitrogens with one attached hydrogen (secondary N) is 2. The van der Waals surface area contributed by atoms with E-state index in [-0.39, 0.29) is 18.0 Å². The van der Waals surface area contributed by atoms with Crippen molar-refractivity contribution in [3.05, 3.63) is 78.5 Å². The SMILES string of the molecule is C#C.C=C/C=C\C.CC.COCCN1C[C@@H](NC(=O)Nc2c(C)c(-c3cnc(OC)c(C#N)c3)nn2-c2ccccc2)CO1. The number of aromatic nitrogens is 3. The number of pyridine rings is 1. The second kappa shape index (κ2) is 20.9. The van der Waals surface area contributed by atoms with Crippen LogP contribution in [-0.4, -0.2) is 72.4 Å². The second-order valence-corrected chi connectivity index (χ2v) is 8.70. The molecule has 1 aliphatic heterocycles. The molecule has 0 radical (unpaired) electrons. The molecule has 1 fully saturated rings. The minimum Gasteiger partial charge on any atom is -0.480 e. The Morgan fingerprint density at radius 2 is 1.98 bits per heavy atom. The third kappa shape index (κ3) is 10.7. The highest BCUT2D eigenvalue weighted by Crippen LogP contribution is 2.32. The summed E-state index contributed by atoms with van der Waals surface area (Å²) >= 11 is 0. The number of benzene rings is 1. The zero-order valence-corrected chi connectivity index (χ0v) is 26.4. The van der Waals surface area contributed by atoms with Gasteiger partial charge in [0.15, 0.2) is 0 Å². The van der Waals surface area contributed by atoms with Gasteiger partial charge in [-0.15, -0.1) is 12.8 Å². The number of allylic oxidation sites excluding steroid dienone is 3. The van der Waals surface area contributed by atoms with Crippen molar-refractivity contribution >= 4 is 11.8 Å². The van der Waals surface area contributed by atoms with Gasteiger partial charge in [-0.25, -0.2) is 14.5 Å². The largest absolute Gasteiger partial charge is 0.480 e. The average molecular weight is 602 g/mol. The fourth-order valence-corrected chi connectivity index (χ4v) is 3.95. The molecule has 2 N–H and O–H groups in total. The van der Waals surface area contributed by atoms with Gasteiger partial charge in [0, 0.05) is 37.5 Å². The van der Waals surface area contributed by atoms with Crippen LogP contribution in [0.3, 0.4) is 0 Å². The van der Waals surface area contributed by atoms with Gasteiger partial charge in [-0.2, -0.15) is 15.4 Å². The van der Waals surface area contributed by atoms with Gasteiger partial charge < -0.3 is 14.8 Å². The molecule has 4 rings (SSSR count). The van der Waals surface area contributed by atoms with E-state index < -0.39 is 0 Å². The molecule has 1 aromatic carbocycles. The quantitative estimate of drug-likeness (QED) is 0.242. The molecule has 0 aliphatic carbocycles. The fourth-order valence-electron chi connectivity index (χ4n) is 3.95. The first kappa shape index (κ1) is 37.1. The van der Waals surface area contributed by atoms with Crippen LogP contribution >= 0.6 is 0 Å². The van der Waals surface area contributed by atoms with Gasteiger partial charge in [0.05, 0.1) is 37.7 Å². The van der Waals surface area contributed by atoms with E-state index in [1.54, 1.807) is 35.2 Å². The Hall–Kier alpha value is -4.94. The van der Waals surface area contributed by atoms with Crippen LogP contribution in [0.2, 0.25) is 0 Å². The van der Waals surface area contributed by atoms with Gasteiger partial charge >= 0.3 is 6.03 Å². The summed E-state index contributed by atoms with van der Waals surface area (Å²) < 4.78 is 11.9. The van der Waals surface area contributed by atoms with Crippen LogP contribution in [0.25, 0.3) is 16.9 Å². The third-order valence-corrected chi connectivity index (χ3v) is 5.88. The summed E-state index contributed by atoms with van der Waals surface area (Å²) in [6.45, 7) is 13.4. The summed E-state index contributed by atoms with van der Waals surface area (Å²) in [6, 6.07) is 12.7. The van der Waals surface area contributed by atoms with Crippen molar-refractivity contribution in [2.45, 2.75) is 33.7 Å². The summed E-state index contributed by atoms with van der Waals surface area (Å²) in [5.41, 5.74) is 3.02. The lowest BCUT2D eigenvalue weighted by Crippen LogP contribution is -2.41. The predicted molar refractivity (Wildman–Crippen MR) is 174 cm³/mol. The summed E-state index contributed by atoms with van der Waals surface area (Å²) in [7, 11) is 3.10. The molecule has 2 amide bonds. The number of carbonyl (C=O) groups is 1. The van der Waals surface area contributed by atoms with E-state index in [9.17, 15) is 10.1 Å². The molecule has 11 heteroatoms. The van der Waals surface area contributed by atoms with Gasteiger partial charge in [0.2, 0.25) is 5.88 Å². The Morgan fingerprint density at radius 3 is 2.55 bits per heavy atom. The number of carbonyl (C=O) groups excluding carboxylic acids is 1. The lowest BCUT2D eigenvalue weighted by molar-refractivity contribution is -0.118. The molecule has 234 valence electrons. The minimum absolute atomic E-state index is 0.163. The van der Waals surface area contributed by atoms with Crippen molar-refractivity contribution in [3.63, 3.8) is 0 Å². The number of terminal acetylenes is 1. The Labute approximate surface area is 261 Å². The maximum Gasteiger partial charge on any atom is 0.320 e. The van der Waals surface area contributed by atoms with Gasteiger partial charge in [-0.3, -0.25) is 10.2 Å². The van der Waals surface area contributed by atoms with Crippen LogP contribution in [0.5, 0.6) is 5.88 Å². The topological polar surface area (TPSA) is 127 Å². The standard InChI is InChI=1S/C24H27N7O4.C5H8.C2H6.C2H2/c1-16-21(18-11-17(12-25)23(34-3)26-13-18)29-31(20-7-5-4-6-8-20)22(16)28-24(32)27-19-14-30(35-15-19)9-10-33-2;1-3-5-4-2;2*1-2/h4-8,11,13,19H,9-10,14-15H2,1-3H3,(H2,27,28,32);3-5H,1H2,2H3;1-2H3;1-2H/b;5-4-;;/t19-;;;/m1.../s1. The molecule has 0 unspecified atom stereocenters. The van der Waals surface area contributed by atoms with E-state index in [1.165, 1.54) is 7.11 Å². The monoisotopic (exact) mass is 601 g/mol. The predicted octanol–water partition coefficient (Wildman–Crippen LogP) is 5.53. The molecule has 11 nitrogen and oxygen atoms in total. The summed E-state index contributed by atoms with van der Waals surface area (Å²) in [4.78, 5) is 22.7. The van der Waals surface area contributed by atoms with Gasteiger partial charge in [-0.1, -0.05) is 56.9 Å². The van der Waals surface area contributed by atoms with Gasteiger partial charge in [0.25, 0.3) is 0 Å². The molecule has 1 atom stereocenters. The molecule has 2 aromatic heterocycles. The molecule has 0 spiro atoms. The van der Waals surface area contributed by atoms with E-state index in [0.29, 0.717) is 48.9 Å². The lowest BCUT2D eigenvalue weighted by Gasteiger charge is -2.15. The number of ether oxygens (including phenoxy) is 2. The number of hydrogen-bond donors (Lipinski definition) is 2. The Kier molecular flexibility index (Phi) is 17.6. The summed E-state index contributed by atoms with van der Waals surface area (Å²) in [5, 5.41) is 21.9. The van der Waals surface area contributed by atoms with E-state index >= 15 is 0 Å². The number of rotatable bonds is 9. The van der Waals surface area contributed by atoms with E-state index in [1.807, 2.05) is 70.2 Å². The van der Waals surface area contributed by atoms with E-state index in [2.05, 4.69) is 41.1 Å². The van der Waals surface area contributed by atoms with Crippen LogP contribution in [0, 0.1) is 31.1 Å². The smallest absolute Gasteiger partial charge is 0.320 e. The number of hydrogen-bond acceptors (Lipinski definition) is 8. The normalized spacial score (nSPS) is 13.6. The second-order valence-electron chi connectivity index (χ2n) is 8.70. The maximum atomic E-state index is 12.9. The van der Waals surface area contributed by atoms with Crippen molar-refractivity contribution in [1.82, 2.24) is 25.1 Å². The zero-order valence-electron chi connectivity index (χ0n) is 26.4. The highest BCUT2D eigenvalue weighted by atomic mass is 16.7. The number of nitrogens with zero attached hydrogens (tertiary/aromatic N) is 5. The molecular weight excluding hydrogens is 558 g/mol. The molecule has 1 saturated heterocycles. The molecule has 3 aromatic rings. The van der Waals surface area contributed by atoms with Crippen molar-refractivity contribution in [3.8, 4) is 41.7 Å². The minimum atomic E-state index is -0.371. The van der Waals surface area contributed by atoms with Gasteiger partial charge in [-0.05, 0) is 32.0 Å². The molecular formula is C33H43N7O4. The van der Waals surface area contributed by atoms with E-state index in [0.717, 1.165) is 11.3 Å².